The average Bonchev–Trinajstić information content (AvgIpc) is 2.40. The van der Waals surface area contributed by atoms with Gasteiger partial charge in [0, 0.05) is 23.8 Å². The van der Waals surface area contributed by atoms with Crippen LogP contribution in [-0.4, -0.2) is 17.6 Å². The Bertz CT molecular complexity index is 496. The van der Waals surface area contributed by atoms with E-state index in [-0.39, 0.29) is 0 Å². The maximum absolute atomic E-state index is 4.25. The standard InChI is InChI=1S/C15H18N2/c1-2-8-17-14(6-1)10-13-5-3-4-12-7-9-16-11-15(12)13/h3-5,7,9,11,14,17H,1-2,6,8,10H2. The van der Waals surface area contributed by atoms with Crippen LogP contribution >= 0.6 is 0 Å². The van der Waals surface area contributed by atoms with Gasteiger partial charge in [0.2, 0.25) is 0 Å². The summed E-state index contributed by atoms with van der Waals surface area (Å²) in [5.74, 6) is 0. The highest BCUT2D eigenvalue weighted by molar-refractivity contribution is 5.84. The summed E-state index contributed by atoms with van der Waals surface area (Å²) < 4.78 is 0. The van der Waals surface area contributed by atoms with Gasteiger partial charge in [-0.3, -0.25) is 4.98 Å². The molecule has 2 nitrogen and oxygen atoms in total. The number of nitrogens with zero attached hydrogens (tertiary/aromatic N) is 1. The molecule has 1 aromatic heterocycles. The van der Waals surface area contributed by atoms with Crippen molar-refractivity contribution in [1.29, 1.82) is 0 Å². The number of piperidine rings is 1. The lowest BCUT2D eigenvalue weighted by Gasteiger charge is -2.23. The molecule has 0 radical (unpaired) electrons. The number of pyridine rings is 1. The van der Waals surface area contributed by atoms with Crippen molar-refractivity contribution in [3.63, 3.8) is 0 Å². The summed E-state index contributed by atoms with van der Waals surface area (Å²) in [5, 5.41) is 6.22. The maximum atomic E-state index is 4.25. The molecule has 1 N–H and O–H groups in total. The Morgan fingerprint density at radius 1 is 1.24 bits per heavy atom. The fourth-order valence-electron chi connectivity index (χ4n) is 2.72. The quantitative estimate of drug-likeness (QED) is 0.851. The van der Waals surface area contributed by atoms with E-state index in [4.69, 9.17) is 0 Å². The Kier molecular flexibility index (Phi) is 3.06. The maximum Gasteiger partial charge on any atom is 0.0349 e. The van der Waals surface area contributed by atoms with Crippen LogP contribution in [0, 0.1) is 0 Å². The number of nitrogens with one attached hydrogen (secondary N) is 1. The Hall–Kier alpha value is -1.41. The molecule has 0 amide bonds. The van der Waals surface area contributed by atoms with E-state index in [1.165, 1.54) is 42.1 Å². The van der Waals surface area contributed by atoms with Crippen LogP contribution in [-0.2, 0) is 6.42 Å². The first-order valence-corrected chi connectivity index (χ1v) is 6.48. The zero-order valence-electron chi connectivity index (χ0n) is 10.0. The smallest absolute Gasteiger partial charge is 0.0349 e. The highest BCUT2D eigenvalue weighted by atomic mass is 14.9. The molecule has 0 bridgehead atoms. The van der Waals surface area contributed by atoms with Crippen LogP contribution in [0.5, 0.6) is 0 Å². The Morgan fingerprint density at radius 2 is 2.24 bits per heavy atom. The van der Waals surface area contributed by atoms with Gasteiger partial charge in [-0.15, -0.1) is 0 Å². The second-order valence-corrected chi connectivity index (χ2v) is 4.86. The van der Waals surface area contributed by atoms with Gasteiger partial charge in [-0.2, -0.15) is 0 Å². The van der Waals surface area contributed by atoms with Gasteiger partial charge in [0.25, 0.3) is 0 Å². The summed E-state index contributed by atoms with van der Waals surface area (Å²) in [6.07, 6.45) is 8.98. The van der Waals surface area contributed by atoms with Crippen LogP contribution in [0.25, 0.3) is 10.8 Å². The van der Waals surface area contributed by atoms with Gasteiger partial charge < -0.3 is 5.32 Å². The van der Waals surface area contributed by atoms with Crippen molar-refractivity contribution in [2.75, 3.05) is 6.54 Å². The molecule has 1 aromatic carbocycles. The molecule has 2 aromatic rings. The Balaban J connectivity index is 1.89. The zero-order valence-corrected chi connectivity index (χ0v) is 10.0. The molecule has 1 aliphatic rings. The summed E-state index contributed by atoms with van der Waals surface area (Å²) in [7, 11) is 0. The third kappa shape index (κ3) is 2.32. The molecule has 1 aliphatic heterocycles. The first-order chi connectivity index (χ1) is 8.43. The molecule has 3 rings (SSSR count). The topological polar surface area (TPSA) is 24.9 Å². The molecule has 1 saturated heterocycles. The van der Waals surface area contributed by atoms with E-state index >= 15 is 0 Å². The van der Waals surface area contributed by atoms with E-state index in [9.17, 15) is 0 Å². The van der Waals surface area contributed by atoms with Crippen LogP contribution in [0.2, 0.25) is 0 Å². The summed E-state index contributed by atoms with van der Waals surface area (Å²) >= 11 is 0. The SMILES string of the molecule is c1cc(CC2CCCCN2)c2cnccc2c1. The Labute approximate surface area is 102 Å². The van der Waals surface area contributed by atoms with Crippen LogP contribution in [0.1, 0.15) is 24.8 Å². The van der Waals surface area contributed by atoms with Crippen LogP contribution in [0.4, 0.5) is 0 Å². The van der Waals surface area contributed by atoms with Crippen LogP contribution in [0.15, 0.2) is 36.7 Å². The second kappa shape index (κ2) is 4.84. The van der Waals surface area contributed by atoms with E-state index < -0.39 is 0 Å². The lowest BCUT2D eigenvalue weighted by molar-refractivity contribution is 0.400. The van der Waals surface area contributed by atoms with E-state index in [0.29, 0.717) is 6.04 Å². The predicted molar refractivity (Wildman–Crippen MR) is 71.1 cm³/mol. The third-order valence-corrected chi connectivity index (χ3v) is 3.65. The normalized spacial score (nSPS) is 20.6. The first kappa shape index (κ1) is 10.7. The fourth-order valence-corrected chi connectivity index (χ4v) is 2.72. The zero-order chi connectivity index (χ0) is 11.5. The van der Waals surface area contributed by atoms with Crippen LogP contribution < -0.4 is 5.32 Å². The largest absolute Gasteiger partial charge is 0.314 e. The van der Waals surface area contributed by atoms with Crippen molar-refractivity contribution in [2.24, 2.45) is 0 Å². The number of hydrogen-bond acceptors (Lipinski definition) is 2. The number of rotatable bonds is 2. The molecule has 0 saturated carbocycles. The van der Waals surface area contributed by atoms with Gasteiger partial charge >= 0.3 is 0 Å². The molecule has 88 valence electrons. The molecule has 0 aliphatic carbocycles. The van der Waals surface area contributed by atoms with Gasteiger partial charge in [0.05, 0.1) is 0 Å². The van der Waals surface area contributed by atoms with Gasteiger partial charge in [-0.05, 0) is 42.8 Å². The number of benzene rings is 1. The van der Waals surface area contributed by atoms with E-state index in [2.05, 4.69) is 34.6 Å². The van der Waals surface area contributed by atoms with Crippen LogP contribution in [0.3, 0.4) is 0 Å². The lowest BCUT2D eigenvalue weighted by Crippen LogP contribution is -2.35. The summed E-state index contributed by atoms with van der Waals surface area (Å²) in [6, 6.07) is 9.29. The third-order valence-electron chi connectivity index (χ3n) is 3.65. The molecule has 2 heteroatoms. The minimum atomic E-state index is 0.648. The second-order valence-electron chi connectivity index (χ2n) is 4.86. The molecule has 0 spiro atoms. The van der Waals surface area contributed by atoms with Gasteiger partial charge in [-0.1, -0.05) is 24.6 Å². The lowest BCUT2D eigenvalue weighted by atomic mass is 9.95. The molecule has 1 unspecified atom stereocenters. The molecule has 17 heavy (non-hydrogen) atoms. The average molecular weight is 226 g/mol. The van der Waals surface area contributed by atoms with Crippen molar-refractivity contribution in [3.8, 4) is 0 Å². The summed E-state index contributed by atoms with van der Waals surface area (Å²) in [4.78, 5) is 4.25. The summed E-state index contributed by atoms with van der Waals surface area (Å²) in [5.41, 5.74) is 1.43. The van der Waals surface area contributed by atoms with Gasteiger partial charge in [0.15, 0.2) is 0 Å². The van der Waals surface area contributed by atoms with Crippen molar-refractivity contribution in [3.05, 3.63) is 42.2 Å². The minimum Gasteiger partial charge on any atom is -0.314 e. The highest BCUT2D eigenvalue weighted by Crippen LogP contribution is 2.20. The van der Waals surface area contributed by atoms with Gasteiger partial charge in [-0.25, -0.2) is 0 Å². The summed E-state index contributed by atoms with van der Waals surface area (Å²) in [6.45, 7) is 1.17. The molecular weight excluding hydrogens is 208 g/mol. The first-order valence-electron chi connectivity index (χ1n) is 6.48. The predicted octanol–water partition coefficient (Wildman–Crippen LogP) is 2.92. The van der Waals surface area contributed by atoms with E-state index in [0.717, 1.165) is 6.42 Å². The number of hydrogen-bond donors (Lipinski definition) is 1. The monoisotopic (exact) mass is 226 g/mol. The highest BCUT2D eigenvalue weighted by Gasteiger charge is 2.14. The van der Waals surface area contributed by atoms with Gasteiger partial charge in [0.1, 0.15) is 0 Å². The molecular formula is C15H18N2. The van der Waals surface area contributed by atoms with Crippen molar-refractivity contribution in [1.82, 2.24) is 10.3 Å². The number of aromatic nitrogens is 1. The van der Waals surface area contributed by atoms with Crippen molar-refractivity contribution >= 4 is 10.8 Å². The van der Waals surface area contributed by atoms with E-state index in [1.54, 1.807) is 0 Å². The van der Waals surface area contributed by atoms with Crippen molar-refractivity contribution in [2.45, 2.75) is 31.7 Å². The van der Waals surface area contributed by atoms with E-state index in [1.807, 2.05) is 12.4 Å². The molecule has 2 heterocycles. The van der Waals surface area contributed by atoms with Crippen molar-refractivity contribution < 1.29 is 0 Å². The number of fused-ring (bicyclic) bond motifs is 1. The fraction of sp³-hybridized carbons (Fsp3) is 0.400. The Morgan fingerprint density at radius 3 is 3.12 bits per heavy atom. The molecule has 1 fully saturated rings. The molecule has 1 atom stereocenters. The minimum absolute atomic E-state index is 0.648.